The lowest BCUT2D eigenvalue weighted by Gasteiger charge is -2.10. The number of aromatic nitrogens is 3. The van der Waals surface area contributed by atoms with Crippen LogP contribution in [0, 0.1) is 0 Å². The molecule has 0 spiro atoms. The molecule has 8 heteroatoms. The molecule has 0 aliphatic heterocycles. The molecule has 0 aliphatic carbocycles. The fourth-order valence-corrected chi connectivity index (χ4v) is 4.05. The van der Waals surface area contributed by atoms with Gasteiger partial charge in [-0.15, -0.1) is 10.2 Å². The maximum Gasteiger partial charge on any atom is 0.342 e. The summed E-state index contributed by atoms with van der Waals surface area (Å²) < 4.78 is 12.6. The van der Waals surface area contributed by atoms with Crippen LogP contribution in [0.2, 0.25) is 0 Å². The Labute approximate surface area is 192 Å². The summed E-state index contributed by atoms with van der Waals surface area (Å²) in [5.41, 5.74) is 2.79. The molecule has 0 amide bonds. The van der Waals surface area contributed by atoms with Gasteiger partial charge in [-0.25, -0.2) is 4.79 Å². The highest BCUT2D eigenvalue weighted by atomic mass is 32.2. The Morgan fingerprint density at radius 2 is 1.72 bits per heavy atom. The first kappa shape index (κ1) is 23.4. The van der Waals surface area contributed by atoms with Crippen molar-refractivity contribution in [2.75, 3.05) is 14.2 Å². The molecule has 0 saturated carbocycles. The van der Waals surface area contributed by atoms with Crippen LogP contribution in [0.3, 0.4) is 0 Å². The van der Waals surface area contributed by atoms with Crippen molar-refractivity contribution in [2.45, 2.75) is 38.4 Å². The van der Waals surface area contributed by atoms with Crippen molar-refractivity contribution >= 4 is 23.8 Å². The van der Waals surface area contributed by atoms with Crippen molar-refractivity contribution in [1.29, 1.82) is 0 Å². The molecule has 3 aromatic rings. The van der Waals surface area contributed by atoms with Crippen LogP contribution in [0.25, 0.3) is 17.5 Å². The number of methoxy groups -OCH3 is 2. The molecule has 1 aromatic heterocycles. The Balaban J connectivity index is 1.96. The van der Waals surface area contributed by atoms with Gasteiger partial charge in [0.2, 0.25) is 0 Å². The van der Waals surface area contributed by atoms with E-state index >= 15 is 0 Å². The van der Waals surface area contributed by atoms with Gasteiger partial charge in [0.25, 0.3) is 0 Å². The number of aliphatic carboxylic acids is 1. The first-order valence-electron chi connectivity index (χ1n) is 10.3. The van der Waals surface area contributed by atoms with Gasteiger partial charge in [-0.1, -0.05) is 38.1 Å². The first-order chi connectivity index (χ1) is 15.4. The quantitative estimate of drug-likeness (QED) is 0.346. The molecule has 1 heterocycles. The molecule has 32 heavy (non-hydrogen) atoms. The number of nitrogens with zero attached hydrogens (tertiary/aromatic N) is 3. The zero-order valence-electron chi connectivity index (χ0n) is 18.8. The third-order valence-electron chi connectivity index (χ3n) is 4.96. The van der Waals surface area contributed by atoms with Gasteiger partial charge in [0.15, 0.2) is 11.0 Å². The molecule has 0 radical (unpaired) electrons. The van der Waals surface area contributed by atoms with Gasteiger partial charge < -0.3 is 19.1 Å². The van der Waals surface area contributed by atoms with Crippen LogP contribution in [0.1, 0.15) is 37.8 Å². The highest BCUT2D eigenvalue weighted by molar-refractivity contribution is 8.04. The van der Waals surface area contributed by atoms with Gasteiger partial charge in [0.1, 0.15) is 16.4 Å². The zero-order valence-corrected chi connectivity index (χ0v) is 19.6. The second kappa shape index (κ2) is 10.4. The lowest BCUT2D eigenvalue weighted by atomic mass is 10.0. The SMILES string of the molecule is CCn1c(S/C(=C\c2ccc(C(C)C)cc2)C(=O)O)nnc1-c1cc(OC)cc(OC)c1. The second-order valence-electron chi connectivity index (χ2n) is 7.39. The molecule has 2 aromatic carbocycles. The van der Waals surface area contributed by atoms with Crippen LogP contribution in [-0.4, -0.2) is 40.1 Å². The molecule has 0 bridgehead atoms. The predicted molar refractivity (Wildman–Crippen MR) is 126 cm³/mol. The molecular formula is C24H27N3O4S. The van der Waals surface area contributed by atoms with E-state index in [4.69, 9.17) is 9.47 Å². The number of thioether (sulfide) groups is 1. The smallest absolute Gasteiger partial charge is 0.342 e. The Kier molecular flexibility index (Phi) is 7.58. The standard InChI is InChI=1S/C24H27N3O4S/c1-6-27-22(18-12-19(30-4)14-20(13-18)31-5)25-26-24(27)32-21(23(28)29)11-16-7-9-17(10-8-16)15(2)3/h7-15H,6H2,1-5H3,(H,28,29)/b21-11-. The maximum absolute atomic E-state index is 11.9. The van der Waals surface area contributed by atoms with Gasteiger partial charge in [-0.05, 0) is 53.9 Å². The van der Waals surface area contributed by atoms with Crippen molar-refractivity contribution < 1.29 is 19.4 Å². The Hall–Kier alpha value is -3.26. The number of hydrogen-bond acceptors (Lipinski definition) is 6. The summed E-state index contributed by atoms with van der Waals surface area (Å²) in [5, 5.41) is 18.9. The van der Waals surface area contributed by atoms with Crippen molar-refractivity contribution in [1.82, 2.24) is 14.8 Å². The first-order valence-corrected chi connectivity index (χ1v) is 11.1. The van der Waals surface area contributed by atoms with Crippen molar-refractivity contribution in [3.8, 4) is 22.9 Å². The average molecular weight is 454 g/mol. The predicted octanol–water partition coefficient (Wildman–Crippen LogP) is 5.32. The summed E-state index contributed by atoms with van der Waals surface area (Å²) in [6.45, 7) is 6.77. The van der Waals surface area contributed by atoms with E-state index in [9.17, 15) is 9.90 Å². The lowest BCUT2D eigenvalue weighted by Crippen LogP contribution is -2.03. The number of benzene rings is 2. The monoisotopic (exact) mass is 453 g/mol. The van der Waals surface area contributed by atoms with Crippen LogP contribution in [0.4, 0.5) is 0 Å². The minimum absolute atomic E-state index is 0.166. The van der Waals surface area contributed by atoms with Gasteiger partial charge in [0, 0.05) is 18.2 Å². The van der Waals surface area contributed by atoms with Gasteiger partial charge in [0.05, 0.1) is 14.2 Å². The summed E-state index contributed by atoms with van der Waals surface area (Å²) in [4.78, 5) is 12.1. The number of carboxylic acid groups (broad SMARTS) is 1. The molecule has 168 valence electrons. The van der Waals surface area contributed by atoms with Gasteiger partial charge in [-0.3, -0.25) is 0 Å². The number of ether oxygens (including phenoxy) is 2. The minimum atomic E-state index is -1.02. The Morgan fingerprint density at radius 1 is 1.09 bits per heavy atom. The molecule has 3 rings (SSSR count). The van der Waals surface area contributed by atoms with E-state index in [-0.39, 0.29) is 4.91 Å². The second-order valence-corrected chi connectivity index (χ2v) is 8.40. The molecule has 1 N–H and O–H groups in total. The maximum atomic E-state index is 11.9. The molecular weight excluding hydrogens is 426 g/mol. The van der Waals surface area contributed by atoms with Crippen LogP contribution in [-0.2, 0) is 11.3 Å². The van der Waals surface area contributed by atoms with Crippen molar-refractivity contribution in [3.63, 3.8) is 0 Å². The van der Waals surface area contributed by atoms with Crippen molar-refractivity contribution in [2.24, 2.45) is 0 Å². The molecule has 7 nitrogen and oxygen atoms in total. The third-order valence-corrected chi connectivity index (χ3v) is 5.95. The van der Waals surface area contributed by atoms with E-state index in [2.05, 4.69) is 24.0 Å². The van der Waals surface area contributed by atoms with Gasteiger partial charge in [-0.2, -0.15) is 0 Å². The number of carboxylic acids is 1. The fraction of sp³-hybridized carbons (Fsp3) is 0.292. The number of carbonyl (C=O) groups is 1. The van der Waals surface area contributed by atoms with Crippen LogP contribution >= 0.6 is 11.8 Å². The van der Waals surface area contributed by atoms with Crippen LogP contribution in [0.15, 0.2) is 52.5 Å². The summed E-state index contributed by atoms with van der Waals surface area (Å²) >= 11 is 1.08. The lowest BCUT2D eigenvalue weighted by molar-refractivity contribution is -0.131. The van der Waals surface area contributed by atoms with E-state index in [0.717, 1.165) is 22.9 Å². The zero-order chi connectivity index (χ0) is 23.3. The number of hydrogen-bond donors (Lipinski definition) is 1. The molecule has 0 fully saturated rings. The average Bonchev–Trinajstić information content (AvgIpc) is 3.21. The minimum Gasteiger partial charge on any atom is -0.497 e. The Morgan fingerprint density at radius 3 is 2.22 bits per heavy atom. The molecule has 0 aliphatic rings. The highest BCUT2D eigenvalue weighted by Gasteiger charge is 2.19. The third kappa shape index (κ3) is 5.31. The number of rotatable bonds is 9. The summed E-state index contributed by atoms with van der Waals surface area (Å²) in [5.74, 6) is 1.28. The molecule has 0 atom stereocenters. The topological polar surface area (TPSA) is 86.5 Å². The summed E-state index contributed by atoms with van der Waals surface area (Å²) in [6.07, 6.45) is 1.65. The fourth-order valence-electron chi connectivity index (χ4n) is 3.16. The van der Waals surface area contributed by atoms with Gasteiger partial charge >= 0.3 is 5.97 Å². The largest absolute Gasteiger partial charge is 0.497 e. The van der Waals surface area contributed by atoms with Crippen molar-refractivity contribution in [3.05, 3.63) is 58.5 Å². The van der Waals surface area contributed by atoms with E-state index in [1.807, 2.05) is 47.9 Å². The normalized spacial score (nSPS) is 11.6. The summed E-state index contributed by atoms with van der Waals surface area (Å²) in [6, 6.07) is 13.4. The van der Waals surface area contributed by atoms with Crippen LogP contribution < -0.4 is 9.47 Å². The van der Waals surface area contributed by atoms with E-state index in [1.54, 1.807) is 26.4 Å². The van der Waals surface area contributed by atoms with E-state index in [0.29, 0.717) is 34.9 Å². The molecule has 0 saturated heterocycles. The Bertz CT molecular complexity index is 1100. The van der Waals surface area contributed by atoms with E-state index in [1.165, 1.54) is 5.56 Å². The van der Waals surface area contributed by atoms with Crippen LogP contribution in [0.5, 0.6) is 11.5 Å². The highest BCUT2D eigenvalue weighted by Crippen LogP contribution is 2.33. The molecule has 0 unspecified atom stereocenters. The summed E-state index contributed by atoms with van der Waals surface area (Å²) in [7, 11) is 3.17. The van der Waals surface area contributed by atoms with E-state index < -0.39 is 5.97 Å².